The molecule has 0 aromatic carbocycles. The van der Waals surface area contributed by atoms with Crippen molar-refractivity contribution in [2.75, 3.05) is 32.1 Å². The fraction of sp³-hybridized carbons (Fsp3) is 0.455. The highest BCUT2D eigenvalue weighted by Gasteiger charge is 2.33. The van der Waals surface area contributed by atoms with Gasteiger partial charge in [-0.2, -0.15) is 0 Å². The van der Waals surface area contributed by atoms with Crippen molar-refractivity contribution in [3.63, 3.8) is 0 Å². The minimum Gasteiger partial charge on any atom is -0.481 e. The molecule has 1 saturated heterocycles. The number of carbonyl (C=O) groups is 2. The van der Waals surface area contributed by atoms with E-state index in [1.54, 1.807) is 26.2 Å². The van der Waals surface area contributed by atoms with Crippen molar-refractivity contribution in [2.45, 2.75) is 0 Å². The summed E-state index contributed by atoms with van der Waals surface area (Å²) in [4.78, 5) is 25.5. The number of anilines is 1. The molecule has 0 aliphatic carbocycles. The Morgan fingerprint density at radius 1 is 1.33 bits per heavy atom. The van der Waals surface area contributed by atoms with Crippen LogP contribution in [0.1, 0.15) is 10.5 Å². The molecule has 7 nitrogen and oxygen atoms in total. The van der Waals surface area contributed by atoms with E-state index in [4.69, 9.17) is 5.11 Å². The van der Waals surface area contributed by atoms with Crippen molar-refractivity contribution in [3.05, 3.63) is 17.8 Å². The van der Waals surface area contributed by atoms with Crippen LogP contribution in [-0.2, 0) is 4.79 Å². The molecule has 1 aromatic heterocycles. The number of nitrogens with zero attached hydrogens (tertiary/aromatic N) is 4. The summed E-state index contributed by atoms with van der Waals surface area (Å²) in [5.41, 5.74) is 0.277. The van der Waals surface area contributed by atoms with Crippen LogP contribution < -0.4 is 4.90 Å². The summed E-state index contributed by atoms with van der Waals surface area (Å²) in [6, 6.07) is 3.28. The molecule has 0 spiro atoms. The lowest BCUT2D eigenvalue weighted by Crippen LogP contribution is -2.50. The molecule has 1 N–H and O–H groups in total. The Kier molecular flexibility index (Phi) is 3.14. The molecule has 1 aliphatic heterocycles. The van der Waals surface area contributed by atoms with E-state index in [0.717, 1.165) is 0 Å². The highest BCUT2D eigenvalue weighted by Crippen LogP contribution is 2.22. The Bertz CT molecular complexity index is 466. The summed E-state index contributed by atoms with van der Waals surface area (Å²) in [7, 11) is 3.29. The van der Waals surface area contributed by atoms with Crippen molar-refractivity contribution in [3.8, 4) is 0 Å². The molecule has 2 rings (SSSR count). The number of carboxylic acid groups (broad SMARTS) is 1. The smallest absolute Gasteiger partial charge is 0.310 e. The van der Waals surface area contributed by atoms with Gasteiger partial charge in [0, 0.05) is 27.2 Å². The summed E-state index contributed by atoms with van der Waals surface area (Å²) >= 11 is 0. The third-order valence-electron chi connectivity index (χ3n) is 2.83. The zero-order valence-corrected chi connectivity index (χ0v) is 10.2. The SMILES string of the molecule is CN(C)C(=O)c1ccc(N2CC(C(=O)O)C2)nn1. The third kappa shape index (κ3) is 2.24. The molecular formula is C11H14N4O3. The molecule has 1 aliphatic rings. The minimum absolute atomic E-state index is 0.207. The summed E-state index contributed by atoms with van der Waals surface area (Å²) in [5, 5.41) is 16.5. The van der Waals surface area contributed by atoms with E-state index in [2.05, 4.69) is 10.2 Å². The first kappa shape index (κ1) is 12.3. The van der Waals surface area contributed by atoms with E-state index in [9.17, 15) is 9.59 Å². The number of hydrogen-bond donors (Lipinski definition) is 1. The summed E-state index contributed by atoms with van der Waals surface area (Å²) in [6.07, 6.45) is 0. The van der Waals surface area contributed by atoms with Crippen LogP contribution in [0.3, 0.4) is 0 Å². The van der Waals surface area contributed by atoms with Crippen LogP contribution in [-0.4, -0.2) is 59.3 Å². The van der Waals surface area contributed by atoms with Crippen molar-refractivity contribution in [2.24, 2.45) is 5.92 Å². The van der Waals surface area contributed by atoms with Crippen LogP contribution >= 0.6 is 0 Å². The molecule has 1 fully saturated rings. The molecule has 0 atom stereocenters. The van der Waals surface area contributed by atoms with E-state index >= 15 is 0 Å². The van der Waals surface area contributed by atoms with Gasteiger partial charge in [0.15, 0.2) is 11.5 Å². The number of carbonyl (C=O) groups excluding carboxylic acids is 1. The van der Waals surface area contributed by atoms with Crippen LogP contribution in [0.15, 0.2) is 12.1 Å². The fourth-order valence-electron chi connectivity index (χ4n) is 1.66. The number of amides is 1. The number of hydrogen-bond acceptors (Lipinski definition) is 5. The first-order chi connectivity index (χ1) is 8.49. The zero-order valence-electron chi connectivity index (χ0n) is 10.2. The second-order valence-electron chi connectivity index (χ2n) is 4.42. The second kappa shape index (κ2) is 4.59. The molecule has 0 bridgehead atoms. The second-order valence-corrected chi connectivity index (χ2v) is 4.42. The van der Waals surface area contributed by atoms with Crippen molar-refractivity contribution < 1.29 is 14.7 Å². The van der Waals surface area contributed by atoms with E-state index in [-0.39, 0.29) is 17.5 Å². The summed E-state index contributed by atoms with van der Waals surface area (Å²) in [6.45, 7) is 0.871. The Hall–Kier alpha value is -2.18. The van der Waals surface area contributed by atoms with E-state index in [1.165, 1.54) is 4.90 Å². The largest absolute Gasteiger partial charge is 0.481 e. The van der Waals surface area contributed by atoms with Gasteiger partial charge in [0.1, 0.15) is 0 Å². The molecule has 96 valence electrons. The van der Waals surface area contributed by atoms with Gasteiger partial charge in [0.05, 0.1) is 5.92 Å². The maximum atomic E-state index is 11.6. The standard InChI is InChI=1S/C11H14N4O3/c1-14(2)10(16)8-3-4-9(13-12-8)15-5-7(6-15)11(17)18/h3-4,7H,5-6H2,1-2H3,(H,17,18). The topological polar surface area (TPSA) is 86.6 Å². The van der Waals surface area contributed by atoms with Crippen molar-refractivity contribution in [1.29, 1.82) is 0 Å². The number of aromatic nitrogens is 2. The molecule has 0 unspecified atom stereocenters. The van der Waals surface area contributed by atoms with Crippen molar-refractivity contribution in [1.82, 2.24) is 15.1 Å². The zero-order chi connectivity index (χ0) is 13.3. The van der Waals surface area contributed by atoms with E-state index in [1.807, 2.05) is 4.90 Å². The highest BCUT2D eigenvalue weighted by molar-refractivity contribution is 5.91. The monoisotopic (exact) mass is 250 g/mol. The summed E-state index contributed by atoms with van der Waals surface area (Å²) in [5.74, 6) is -0.739. The van der Waals surface area contributed by atoms with Crippen LogP contribution in [0.25, 0.3) is 0 Å². The Morgan fingerprint density at radius 3 is 2.44 bits per heavy atom. The van der Waals surface area contributed by atoms with Gasteiger partial charge in [-0.3, -0.25) is 9.59 Å². The third-order valence-corrected chi connectivity index (χ3v) is 2.83. The average molecular weight is 250 g/mol. The van der Waals surface area contributed by atoms with Gasteiger partial charge in [-0.05, 0) is 12.1 Å². The molecule has 7 heteroatoms. The highest BCUT2D eigenvalue weighted by atomic mass is 16.4. The molecule has 18 heavy (non-hydrogen) atoms. The number of carboxylic acids is 1. The molecular weight excluding hydrogens is 236 g/mol. The molecule has 1 aromatic rings. The summed E-state index contributed by atoms with van der Waals surface area (Å²) < 4.78 is 0. The molecule has 2 heterocycles. The van der Waals surface area contributed by atoms with Gasteiger partial charge in [-0.25, -0.2) is 0 Å². The molecule has 0 radical (unpaired) electrons. The van der Waals surface area contributed by atoms with Gasteiger partial charge in [0.2, 0.25) is 0 Å². The maximum absolute atomic E-state index is 11.6. The van der Waals surface area contributed by atoms with Gasteiger partial charge in [0.25, 0.3) is 5.91 Å². The normalized spacial score (nSPS) is 15.1. The maximum Gasteiger partial charge on any atom is 0.310 e. The lowest BCUT2D eigenvalue weighted by atomic mass is 10.0. The van der Waals surface area contributed by atoms with E-state index < -0.39 is 5.97 Å². The van der Waals surface area contributed by atoms with Crippen LogP contribution in [0.4, 0.5) is 5.82 Å². The quantitative estimate of drug-likeness (QED) is 0.792. The molecule has 0 saturated carbocycles. The van der Waals surface area contributed by atoms with Crippen LogP contribution in [0, 0.1) is 5.92 Å². The lowest BCUT2D eigenvalue weighted by Gasteiger charge is -2.37. The van der Waals surface area contributed by atoms with Crippen LogP contribution in [0.5, 0.6) is 0 Å². The van der Waals surface area contributed by atoms with Crippen molar-refractivity contribution >= 4 is 17.7 Å². The van der Waals surface area contributed by atoms with Gasteiger partial charge in [-0.1, -0.05) is 0 Å². The number of rotatable bonds is 3. The fourth-order valence-corrected chi connectivity index (χ4v) is 1.66. The average Bonchev–Trinajstić information content (AvgIpc) is 2.26. The first-order valence-corrected chi connectivity index (χ1v) is 5.52. The van der Waals surface area contributed by atoms with Gasteiger partial charge < -0.3 is 14.9 Å². The van der Waals surface area contributed by atoms with E-state index in [0.29, 0.717) is 18.9 Å². The van der Waals surface area contributed by atoms with Crippen LogP contribution in [0.2, 0.25) is 0 Å². The predicted molar refractivity (Wildman–Crippen MR) is 63.4 cm³/mol. The Balaban J connectivity index is 2.01. The predicted octanol–water partition coefficient (Wildman–Crippen LogP) is -0.301. The molecule has 1 amide bonds. The Morgan fingerprint density at radius 2 is 2.00 bits per heavy atom. The lowest BCUT2D eigenvalue weighted by molar-refractivity contribution is -0.142. The number of aliphatic carboxylic acids is 1. The van der Waals surface area contributed by atoms with Gasteiger partial charge >= 0.3 is 5.97 Å². The Labute approximate surface area is 104 Å². The van der Waals surface area contributed by atoms with Gasteiger partial charge in [-0.15, -0.1) is 10.2 Å². The minimum atomic E-state index is -0.793. The first-order valence-electron chi connectivity index (χ1n) is 5.52.